The number of nitrogens with one attached hydrogen (secondary N) is 1. The van der Waals surface area contributed by atoms with E-state index in [2.05, 4.69) is 15.5 Å². The average Bonchev–Trinajstić information content (AvgIpc) is 3.59. The number of rotatable bonds is 6. The van der Waals surface area contributed by atoms with Gasteiger partial charge < -0.3 is 25.0 Å². The Labute approximate surface area is 237 Å². The third kappa shape index (κ3) is 7.74. The van der Waals surface area contributed by atoms with Gasteiger partial charge in [0, 0.05) is 61.4 Å². The van der Waals surface area contributed by atoms with Crippen LogP contribution in [0.15, 0.2) is 47.0 Å². The van der Waals surface area contributed by atoms with E-state index < -0.39 is 42.4 Å². The highest BCUT2D eigenvalue weighted by Crippen LogP contribution is 2.41. The molecule has 226 valence electrons. The molecule has 1 aromatic heterocycles. The van der Waals surface area contributed by atoms with Crippen LogP contribution in [0, 0.1) is 5.92 Å². The van der Waals surface area contributed by atoms with Gasteiger partial charge in [-0.25, -0.2) is 8.78 Å². The molecule has 2 heterocycles. The molecule has 0 spiro atoms. The number of anilines is 2. The summed E-state index contributed by atoms with van der Waals surface area (Å²) in [6.45, 7) is 0.737. The van der Waals surface area contributed by atoms with Crippen LogP contribution >= 0.6 is 0 Å². The quantitative estimate of drug-likeness (QED) is 0.276. The summed E-state index contributed by atoms with van der Waals surface area (Å²) in [6, 6.07) is 10.7. The summed E-state index contributed by atoms with van der Waals surface area (Å²) in [4.78, 5) is 25.7. The highest BCUT2D eigenvalue weighted by Gasteiger charge is 2.39. The van der Waals surface area contributed by atoms with Crippen molar-refractivity contribution in [2.45, 2.75) is 57.2 Å². The third-order valence-corrected chi connectivity index (χ3v) is 7.11. The molecule has 1 saturated heterocycles. The number of halogens is 5. The summed E-state index contributed by atoms with van der Waals surface area (Å²) in [5.74, 6) is -4.75. The molecule has 2 atom stereocenters. The number of alkyl halides is 5. The van der Waals surface area contributed by atoms with Crippen LogP contribution in [0.25, 0.3) is 22.8 Å². The Kier molecular flexibility index (Phi) is 9.02. The van der Waals surface area contributed by atoms with E-state index in [0.717, 1.165) is 25.1 Å². The molecule has 42 heavy (non-hydrogen) atoms. The summed E-state index contributed by atoms with van der Waals surface area (Å²) in [6.07, 6.45) is -3.77. The number of benzene rings is 2. The number of piperidine rings is 1. The lowest BCUT2D eigenvalue weighted by Crippen LogP contribution is -2.40. The van der Waals surface area contributed by atoms with Crippen LogP contribution in [0.1, 0.15) is 44.6 Å². The fourth-order valence-corrected chi connectivity index (χ4v) is 4.99. The first kappa shape index (κ1) is 30.7. The number of aromatic nitrogens is 2. The summed E-state index contributed by atoms with van der Waals surface area (Å²) < 4.78 is 74.0. The Morgan fingerprint density at radius 2 is 1.64 bits per heavy atom. The highest BCUT2D eigenvalue weighted by molar-refractivity contribution is 5.71. The fourth-order valence-electron chi connectivity index (χ4n) is 4.99. The molecule has 0 amide bonds. The second-order valence-electron chi connectivity index (χ2n) is 10.3. The maximum Gasteiger partial charge on any atom is 0.418 e. The van der Waals surface area contributed by atoms with Gasteiger partial charge in [0.2, 0.25) is 5.82 Å². The lowest BCUT2D eigenvalue weighted by molar-refractivity contribution is -0.141. The number of hydrogen-bond acceptors (Lipinski definition) is 7. The van der Waals surface area contributed by atoms with Crippen molar-refractivity contribution in [3.05, 3.63) is 48.0 Å². The van der Waals surface area contributed by atoms with Gasteiger partial charge in [0.05, 0.1) is 11.5 Å². The molecule has 0 bridgehead atoms. The van der Waals surface area contributed by atoms with Gasteiger partial charge in [-0.1, -0.05) is 5.16 Å². The largest absolute Gasteiger partial charge is 0.481 e. The molecule has 2 aliphatic rings. The molecule has 3 N–H and O–H groups in total. The Balaban J connectivity index is 0.000000952. The van der Waals surface area contributed by atoms with Gasteiger partial charge in [-0.3, -0.25) is 9.59 Å². The Hall–Kier alpha value is -4.23. The lowest BCUT2D eigenvalue weighted by Gasteiger charge is -2.34. The normalized spacial score (nSPS) is 20.0. The maximum atomic E-state index is 13.9. The molecule has 9 nitrogen and oxygen atoms in total. The first-order chi connectivity index (χ1) is 19.7. The van der Waals surface area contributed by atoms with Gasteiger partial charge in [0.25, 0.3) is 17.8 Å². The minimum Gasteiger partial charge on any atom is -0.481 e. The number of hydrogen-bond donors (Lipinski definition) is 3. The van der Waals surface area contributed by atoms with Gasteiger partial charge in [-0.05, 0) is 61.7 Å². The second-order valence-corrected chi connectivity index (χ2v) is 10.3. The zero-order valence-electron chi connectivity index (χ0n) is 22.5. The molecule has 5 rings (SSSR count). The first-order valence-corrected chi connectivity index (χ1v) is 13.2. The SMILES string of the molecule is CC(=O)O.O=C(O)[C@@H]1CC[C@H](Nc2ccc(-c3nc(-c4ccc(N5CCC(F)(F)CC5)c(C(F)(F)F)c4)no3)cc2)C1. The smallest absolute Gasteiger partial charge is 0.418 e. The van der Waals surface area contributed by atoms with Gasteiger partial charge in [0.15, 0.2) is 0 Å². The minimum absolute atomic E-state index is 0.0323. The predicted molar refractivity (Wildman–Crippen MR) is 142 cm³/mol. The van der Waals surface area contributed by atoms with Crippen molar-refractivity contribution < 1.29 is 46.3 Å². The summed E-state index contributed by atoms with van der Waals surface area (Å²) in [7, 11) is 0. The van der Waals surface area contributed by atoms with Crippen LogP contribution < -0.4 is 10.2 Å². The van der Waals surface area contributed by atoms with Crippen molar-refractivity contribution in [2.24, 2.45) is 5.92 Å². The van der Waals surface area contributed by atoms with Gasteiger partial charge in [-0.15, -0.1) is 0 Å². The van der Waals surface area contributed by atoms with E-state index in [0.29, 0.717) is 18.4 Å². The van der Waals surface area contributed by atoms with Crippen molar-refractivity contribution in [3.8, 4) is 22.8 Å². The zero-order valence-corrected chi connectivity index (χ0v) is 22.5. The van der Waals surface area contributed by atoms with Crippen molar-refractivity contribution in [2.75, 3.05) is 23.3 Å². The molecule has 1 aliphatic carbocycles. The van der Waals surface area contributed by atoms with Crippen LogP contribution in [0.3, 0.4) is 0 Å². The third-order valence-electron chi connectivity index (χ3n) is 7.11. The van der Waals surface area contributed by atoms with E-state index in [-0.39, 0.29) is 48.0 Å². The van der Waals surface area contributed by atoms with Crippen LogP contribution in [-0.2, 0) is 15.8 Å². The van der Waals surface area contributed by atoms with E-state index in [4.69, 9.17) is 19.5 Å². The van der Waals surface area contributed by atoms with Gasteiger partial charge >= 0.3 is 12.1 Å². The van der Waals surface area contributed by atoms with E-state index in [1.807, 2.05) is 0 Å². The predicted octanol–water partition coefficient (Wildman–Crippen LogP) is 6.41. The first-order valence-electron chi connectivity index (χ1n) is 13.2. The number of carboxylic acid groups (broad SMARTS) is 2. The molecular weight excluding hydrogens is 567 g/mol. The number of nitrogens with zero attached hydrogens (tertiary/aromatic N) is 3. The van der Waals surface area contributed by atoms with E-state index in [1.54, 1.807) is 24.3 Å². The van der Waals surface area contributed by atoms with Crippen LogP contribution in [0.4, 0.5) is 33.3 Å². The van der Waals surface area contributed by atoms with E-state index >= 15 is 0 Å². The molecule has 14 heteroatoms. The standard InChI is InChI=1S/C26H25F5N4O3.C2H4O2/c27-25(28)9-11-35(12-10-25)21-8-4-16(14-20(21)26(29,30)31)22-33-23(38-34-22)15-1-5-18(6-2-15)32-19-7-3-17(13-19)24(36)37;1-2(3)4/h1-2,4-6,8,14,17,19,32H,3,7,9-13H2,(H,36,37);1H3,(H,3,4)/t17-,19+;/m1./s1. The summed E-state index contributed by atoms with van der Waals surface area (Å²) >= 11 is 0. The summed E-state index contributed by atoms with van der Waals surface area (Å²) in [5, 5.41) is 23.7. The Morgan fingerprint density at radius 1 is 1.02 bits per heavy atom. The van der Waals surface area contributed by atoms with Crippen LogP contribution in [-0.4, -0.2) is 57.3 Å². The molecule has 1 aliphatic heterocycles. The highest BCUT2D eigenvalue weighted by atomic mass is 19.4. The Morgan fingerprint density at radius 3 is 2.21 bits per heavy atom. The molecule has 0 unspecified atom stereocenters. The van der Waals surface area contributed by atoms with Crippen molar-refractivity contribution in [1.82, 2.24) is 10.1 Å². The number of carboxylic acids is 2. The monoisotopic (exact) mass is 596 g/mol. The number of carbonyl (C=O) groups is 2. The van der Waals surface area contributed by atoms with Gasteiger partial charge in [-0.2, -0.15) is 18.2 Å². The number of aliphatic carboxylic acids is 2. The Bertz CT molecular complexity index is 1400. The molecule has 1 saturated carbocycles. The minimum atomic E-state index is -4.70. The summed E-state index contributed by atoms with van der Waals surface area (Å²) in [5.41, 5.74) is 0.349. The van der Waals surface area contributed by atoms with Crippen molar-refractivity contribution in [1.29, 1.82) is 0 Å². The molecule has 2 fully saturated rings. The van der Waals surface area contributed by atoms with E-state index in [9.17, 15) is 26.7 Å². The molecule has 2 aromatic carbocycles. The second kappa shape index (κ2) is 12.3. The lowest BCUT2D eigenvalue weighted by atomic mass is 10.0. The molecule has 3 aromatic rings. The van der Waals surface area contributed by atoms with Crippen molar-refractivity contribution >= 4 is 23.3 Å². The van der Waals surface area contributed by atoms with Crippen LogP contribution in [0.2, 0.25) is 0 Å². The molecular formula is C28H29F5N4O5. The zero-order chi connectivity index (χ0) is 30.7. The van der Waals surface area contributed by atoms with Crippen LogP contribution in [0.5, 0.6) is 0 Å². The topological polar surface area (TPSA) is 129 Å². The molecule has 0 radical (unpaired) electrons. The van der Waals surface area contributed by atoms with E-state index in [1.165, 1.54) is 17.0 Å². The van der Waals surface area contributed by atoms with Crippen molar-refractivity contribution in [3.63, 3.8) is 0 Å². The van der Waals surface area contributed by atoms with Gasteiger partial charge in [0.1, 0.15) is 0 Å². The average molecular weight is 597 g/mol. The maximum absolute atomic E-state index is 13.9. The fraction of sp³-hybridized carbons (Fsp3) is 0.429.